The number of carbonyl (C=O) groups is 1. The number of alkyl halides is 3. The largest absolute Gasteiger partial charge is 0.457 e. The van der Waals surface area contributed by atoms with Gasteiger partial charge in [0.1, 0.15) is 23.7 Å². The van der Waals surface area contributed by atoms with Crippen molar-refractivity contribution in [2.75, 3.05) is 0 Å². The highest BCUT2D eigenvalue weighted by molar-refractivity contribution is 5.94. The summed E-state index contributed by atoms with van der Waals surface area (Å²) >= 11 is 0. The van der Waals surface area contributed by atoms with Gasteiger partial charge in [0.15, 0.2) is 0 Å². The number of pyridine rings is 1. The van der Waals surface area contributed by atoms with Crippen LogP contribution in [-0.4, -0.2) is 15.9 Å². The molecule has 154 valence electrons. The van der Waals surface area contributed by atoms with Crippen LogP contribution in [0.25, 0.3) is 0 Å². The van der Waals surface area contributed by atoms with Crippen LogP contribution in [0.5, 0.6) is 11.5 Å². The number of nitro benzene ring substituents is 1. The summed E-state index contributed by atoms with van der Waals surface area (Å²) in [6, 6.07) is 10.5. The van der Waals surface area contributed by atoms with Crippen LogP contribution < -0.4 is 4.74 Å². The number of hydrogen-bond donors (Lipinski definition) is 0. The molecule has 3 rings (SSSR count). The molecule has 0 unspecified atom stereocenters. The number of ether oxygens (including phenoxy) is 2. The first kappa shape index (κ1) is 20.8. The maximum absolute atomic E-state index is 12.6. The summed E-state index contributed by atoms with van der Waals surface area (Å²) in [5, 5.41) is 11.2. The zero-order valence-corrected chi connectivity index (χ0v) is 15.1. The van der Waals surface area contributed by atoms with Gasteiger partial charge in [0.2, 0.25) is 0 Å². The highest BCUT2D eigenvalue weighted by Crippen LogP contribution is 2.32. The Hall–Kier alpha value is -3.95. The molecule has 3 aromatic rings. The predicted molar refractivity (Wildman–Crippen MR) is 98.0 cm³/mol. The van der Waals surface area contributed by atoms with Crippen molar-refractivity contribution in [1.29, 1.82) is 0 Å². The first-order valence-corrected chi connectivity index (χ1v) is 8.43. The topological polar surface area (TPSA) is 91.6 Å². The Balaban J connectivity index is 1.80. The molecule has 0 bridgehead atoms. The second-order valence-corrected chi connectivity index (χ2v) is 5.99. The van der Waals surface area contributed by atoms with Gasteiger partial charge >= 0.3 is 12.1 Å². The minimum Gasteiger partial charge on any atom is -0.457 e. The van der Waals surface area contributed by atoms with Crippen molar-refractivity contribution in [3.63, 3.8) is 0 Å². The third-order valence-corrected chi connectivity index (χ3v) is 3.92. The number of esters is 1. The third kappa shape index (κ3) is 5.10. The zero-order chi connectivity index (χ0) is 21.7. The van der Waals surface area contributed by atoms with Gasteiger partial charge in [-0.2, -0.15) is 13.2 Å². The zero-order valence-electron chi connectivity index (χ0n) is 15.1. The average molecular weight is 418 g/mol. The maximum atomic E-state index is 12.6. The number of halogens is 3. The quantitative estimate of drug-likeness (QED) is 0.312. The van der Waals surface area contributed by atoms with Gasteiger partial charge in [-0.25, -0.2) is 4.79 Å². The van der Waals surface area contributed by atoms with Crippen LogP contribution >= 0.6 is 0 Å². The second kappa shape index (κ2) is 8.60. The molecule has 1 heterocycles. The molecule has 2 aromatic carbocycles. The van der Waals surface area contributed by atoms with Crippen molar-refractivity contribution in [3.05, 3.63) is 93.8 Å². The van der Waals surface area contributed by atoms with E-state index in [2.05, 4.69) is 4.98 Å². The monoisotopic (exact) mass is 418 g/mol. The molecule has 0 atom stereocenters. The van der Waals surface area contributed by atoms with Crippen LogP contribution in [0.4, 0.5) is 18.9 Å². The lowest BCUT2D eigenvalue weighted by atomic mass is 10.1. The van der Waals surface area contributed by atoms with E-state index in [9.17, 15) is 28.1 Å². The molecule has 0 amide bonds. The lowest BCUT2D eigenvalue weighted by Crippen LogP contribution is -2.08. The van der Waals surface area contributed by atoms with E-state index >= 15 is 0 Å². The Morgan fingerprint density at radius 3 is 2.23 bits per heavy atom. The summed E-state index contributed by atoms with van der Waals surface area (Å²) < 4.78 is 48.5. The number of benzene rings is 2. The summed E-state index contributed by atoms with van der Waals surface area (Å²) in [7, 11) is 0. The van der Waals surface area contributed by atoms with Crippen molar-refractivity contribution >= 4 is 11.7 Å². The van der Waals surface area contributed by atoms with Gasteiger partial charge in [0, 0.05) is 24.5 Å². The number of nitro groups is 1. The Morgan fingerprint density at radius 2 is 1.63 bits per heavy atom. The summed E-state index contributed by atoms with van der Waals surface area (Å²) in [5.74, 6) is -0.861. The molecule has 0 fully saturated rings. The lowest BCUT2D eigenvalue weighted by Gasteiger charge is -2.10. The molecular weight excluding hydrogens is 405 g/mol. The van der Waals surface area contributed by atoms with Gasteiger partial charge in [-0.05, 0) is 48.0 Å². The number of aromatic nitrogens is 1. The van der Waals surface area contributed by atoms with Crippen molar-refractivity contribution in [1.82, 2.24) is 4.98 Å². The van der Waals surface area contributed by atoms with E-state index in [1.165, 1.54) is 18.5 Å². The molecule has 0 saturated heterocycles. The fourth-order valence-electron chi connectivity index (χ4n) is 2.46. The van der Waals surface area contributed by atoms with Gasteiger partial charge in [0.25, 0.3) is 5.69 Å². The third-order valence-electron chi connectivity index (χ3n) is 3.92. The van der Waals surface area contributed by atoms with E-state index in [0.29, 0.717) is 5.56 Å². The second-order valence-electron chi connectivity index (χ2n) is 5.99. The molecule has 0 spiro atoms. The van der Waals surface area contributed by atoms with E-state index in [-0.39, 0.29) is 23.7 Å². The molecule has 0 aliphatic carbocycles. The van der Waals surface area contributed by atoms with Gasteiger partial charge in [-0.15, -0.1) is 0 Å². The Labute approximate surface area is 167 Å². The normalized spacial score (nSPS) is 11.0. The summed E-state index contributed by atoms with van der Waals surface area (Å²) in [4.78, 5) is 26.7. The summed E-state index contributed by atoms with van der Waals surface area (Å²) in [5.41, 5.74) is -1.05. The molecule has 0 radical (unpaired) electrons. The fourth-order valence-corrected chi connectivity index (χ4v) is 2.46. The van der Waals surface area contributed by atoms with Crippen LogP contribution in [0.3, 0.4) is 0 Å². The van der Waals surface area contributed by atoms with E-state index in [1.807, 2.05) is 0 Å². The Morgan fingerprint density at radius 1 is 1.00 bits per heavy atom. The number of carbonyl (C=O) groups excluding carboxylic acids is 1. The van der Waals surface area contributed by atoms with E-state index < -0.39 is 28.3 Å². The van der Waals surface area contributed by atoms with Crippen LogP contribution in [0, 0.1) is 10.1 Å². The van der Waals surface area contributed by atoms with Crippen molar-refractivity contribution in [2.24, 2.45) is 0 Å². The van der Waals surface area contributed by atoms with Crippen molar-refractivity contribution in [2.45, 2.75) is 12.8 Å². The highest BCUT2D eigenvalue weighted by Gasteiger charge is 2.30. The van der Waals surface area contributed by atoms with Gasteiger partial charge in [0.05, 0.1) is 10.5 Å². The van der Waals surface area contributed by atoms with E-state index in [1.54, 1.807) is 12.1 Å². The standard InChI is InChI=1S/C20H13F3N2O5/c21-20(22,23)14-1-3-15(4-2-14)30-16-5-6-18(25(27)28)17(11-16)19(26)29-12-13-7-9-24-10-8-13/h1-11H,12H2. The van der Waals surface area contributed by atoms with Crippen LogP contribution in [0.1, 0.15) is 21.5 Å². The number of rotatable bonds is 6. The molecular formula is C20H13F3N2O5. The Bertz CT molecular complexity index is 1050. The average Bonchev–Trinajstić information content (AvgIpc) is 2.72. The smallest absolute Gasteiger partial charge is 0.416 e. The molecule has 0 aliphatic rings. The first-order valence-electron chi connectivity index (χ1n) is 8.43. The molecule has 7 nitrogen and oxygen atoms in total. The molecule has 0 saturated carbocycles. The number of hydrogen-bond acceptors (Lipinski definition) is 6. The Kier molecular flexibility index (Phi) is 5.95. The van der Waals surface area contributed by atoms with E-state index in [0.717, 1.165) is 36.4 Å². The summed E-state index contributed by atoms with van der Waals surface area (Å²) in [6.07, 6.45) is -1.48. The molecule has 30 heavy (non-hydrogen) atoms. The SMILES string of the molecule is O=C(OCc1ccncc1)c1cc(Oc2ccc(C(F)(F)F)cc2)ccc1[N+](=O)[O-]. The highest BCUT2D eigenvalue weighted by atomic mass is 19.4. The maximum Gasteiger partial charge on any atom is 0.416 e. The molecule has 0 aliphatic heterocycles. The van der Waals surface area contributed by atoms with Crippen LogP contribution in [0.15, 0.2) is 67.0 Å². The van der Waals surface area contributed by atoms with Gasteiger partial charge in [-0.3, -0.25) is 15.1 Å². The van der Waals surface area contributed by atoms with Gasteiger partial charge < -0.3 is 9.47 Å². The van der Waals surface area contributed by atoms with Gasteiger partial charge in [-0.1, -0.05) is 0 Å². The molecule has 0 N–H and O–H groups in total. The molecule has 1 aromatic heterocycles. The van der Waals surface area contributed by atoms with Crippen LogP contribution in [0.2, 0.25) is 0 Å². The summed E-state index contributed by atoms with van der Waals surface area (Å²) in [6.45, 7) is -0.123. The fraction of sp³-hybridized carbons (Fsp3) is 0.100. The van der Waals surface area contributed by atoms with E-state index in [4.69, 9.17) is 9.47 Å². The predicted octanol–water partition coefficient (Wildman–Crippen LogP) is 5.16. The first-order chi connectivity index (χ1) is 14.2. The minimum atomic E-state index is -4.49. The number of nitrogens with zero attached hydrogens (tertiary/aromatic N) is 2. The van der Waals surface area contributed by atoms with Crippen LogP contribution in [-0.2, 0) is 17.5 Å². The van der Waals surface area contributed by atoms with Crippen molar-refractivity contribution < 1.29 is 32.4 Å². The minimum absolute atomic E-state index is 0.0243. The van der Waals surface area contributed by atoms with Crippen molar-refractivity contribution in [3.8, 4) is 11.5 Å². The lowest BCUT2D eigenvalue weighted by molar-refractivity contribution is -0.385. The molecule has 10 heteroatoms.